The van der Waals surface area contributed by atoms with E-state index in [1.807, 2.05) is 22.4 Å². The monoisotopic (exact) mass is 423 g/mol. The molecule has 0 bridgehead atoms. The number of hydrogen-bond acceptors (Lipinski definition) is 6. The third kappa shape index (κ3) is 5.53. The number of sulfonamides is 1. The summed E-state index contributed by atoms with van der Waals surface area (Å²) in [6.07, 6.45) is -1.41. The zero-order valence-corrected chi connectivity index (χ0v) is 16.3. The Balaban J connectivity index is 1.58. The molecule has 1 saturated heterocycles. The molecule has 0 unspecified atom stereocenters. The Morgan fingerprint density at radius 1 is 1.37 bits per heavy atom. The predicted molar refractivity (Wildman–Crippen MR) is 95.7 cm³/mol. The summed E-state index contributed by atoms with van der Waals surface area (Å²) < 4.78 is 68.1. The van der Waals surface area contributed by atoms with Gasteiger partial charge in [-0.3, -0.25) is 4.90 Å². The van der Waals surface area contributed by atoms with Crippen molar-refractivity contribution in [3.05, 3.63) is 29.6 Å². The number of thiophene rings is 1. The number of alkyl halides is 3. The molecule has 150 valence electrons. The van der Waals surface area contributed by atoms with Gasteiger partial charge in [-0.15, -0.1) is 11.3 Å². The van der Waals surface area contributed by atoms with Crippen LogP contribution >= 0.6 is 11.3 Å². The minimum Gasteiger partial charge on any atom is -0.438 e. The molecule has 2 aromatic rings. The van der Waals surface area contributed by atoms with Gasteiger partial charge in [0.1, 0.15) is 6.54 Å². The Labute approximate surface area is 159 Å². The van der Waals surface area contributed by atoms with Crippen molar-refractivity contribution in [2.24, 2.45) is 0 Å². The molecule has 1 aliphatic rings. The molecule has 3 heterocycles. The van der Waals surface area contributed by atoms with Crippen LogP contribution in [0.1, 0.15) is 18.7 Å². The topological polar surface area (TPSA) is 66.7 Å². The molecular weight excluding hydrogens is 403 g/mol. The van der Waals surface area contributed by atoms with Gasteiger partial charge in [-0.2, -0.15) is 17.5 Å². The van der Waals surface area contributed by atoms with E-state index >= 15 is 0 Å². The quantitative estimate of drug-likeness (QED) is 0.714. The summed E-state index contributed by atoms with van der Waals surface area (Å²) in [7, 11) is -3.93. The van der Waals surface area contributed by atoms with Crippen LogP contribution in [0.15, 0.2) is 28.1 Å². The number of oxazole rings is 1. The van der Waals surface area contributed by atoms with Gasteiger partial charge in [0.2, 0.25) is 15.9 Å². The lowest BCUT2D eigenvalue weighted by Gasteiger charge is -2.37. The highest BCUT2D eigenvalue weighted by Gasteiger charge is 2.39. The van der Waals surface area contributed by atoms with Crippen molar-refractivity contribution < 1.29 is 26.0 Å². The predicted octanol–water partition coefficient (Wildman–Crippen LogP) is 3.19. The van der Waals surface area contributed by atoms with Gasteiger partial charge >= 0.3 is 6.18 Å². The highest BCUT2D eigenvalue weighted by Crippen LogP contribution is 2.27. The molecule has 6 nitrogen and oxygen atoms in total. The van der Waals surface area contributed by atoms with E-state index in [-0.39, 0.29) is 0 Å². The average Bonchev–Trinajstić information content (AvgIpc) is 3.23. The van der Waals surface area contributed by atoms with Crippen molar-refractivity contribution in [1.82, 2.24) is 14.2 Å². The summed E-state index contributed by atoms with van der Waals surface area (Å²) in [4.78, 5) is 7.24. The molecule has 2 aromatic heterocycles. The Morgan fingerprint density at radius 3 is 2.63 bits per heavy atom. The van der Waals surface area contributed by atoms with E-state index in [0.29, 0.717) is 48.4 Å². The van der Waals surface area contributed by atoms with Gasteiger partial charge in [0, 0.05) is 19.1 Å². The Morgan fingerprint density at radius 2 is 2.07 bits per heavy atom. The minimum absolute atomic E-state index is 0.335. The molecule has 1 aliphatic heterocycles. The molecule has 0 radical (unpaired) electrons. The van der Waals surface area contributed by atoms with E-state index in [2.05, 4.69) is 4.98 Å². The Hall–Kier alpha value is -1.43. The van der Waals surface area contributed by atoms with E-state index in [1.165, 1.54) is 0 Å². The third-order valence-corrected chi connectivity index (χ3v) is 6.57. The van der Waals surface area contributed by atoms with Crippen molar-refractivity contribution in [1.29, 1.82) is 0 Å². The molecule has 11 heteroatoms. The lowest BCUT2D eigenvalue weighted by molar-refractivity contribution is -0.140. The van der Waals surface area contributed by atoms with E-state index in [1.54, 1.807) is 17.5 Å². The fourth-order valence-corrected chi connectivity index (χ4v) is 4.97. The maximum atomic E-state index is 12.7. The maximum Gasteiger partial charge on any atom is 0.402 e. The van der Waals surface area contributed by atoms with Crippen LogP contribution in [0.4, 0.5) is 13.2 Å². The average molecular weight is 423 g/mol. The van der Waals surface area contributed by atoms with Crippen LogP contribution in [-0.4, -0.2) is 60.7 Å². The molecule has 27 heavy (non-hydrogen) atoms. The van der Waals surface area contributed by atoms with Crippen molar-refractivity contribution in [3.63, 3.8) is 0 Å². The van der Waals surface area contributed by atoms with Crippen molar-refractivity contribution in [3.8, 4) is 10.6 Å². The SMILES string of the molecule is CS(=O)(=O)N(CC(F)(F)F)C1CCN(Cc2ncc(-c3cccs3)o2)CC1. The van der Waals surface area contributed by atoms with Crippen LogP contribution < -0.4 is 0 Å². The van der Waals surface area contributed by atoms with Crippen LogP contribution in [0.25, 0.3) is 10.6 Å². The molecule has 0 atom stereocenters. The fraction of sp³-hybridized carbons (Fsp3) is 0.562. The normalized spacial score (nSPS) is 17.7. The lowest BCUT2D eigenvalue weighted by atomic mass is 10.1. The van der Waals surface area contributed by atoms with Crippen molar-refractivity contribution in [2.75, 3.05) is 25.9 Å². The molecular formula is C16H20F3N3O3S2. The number of rotatable bonds is 6. The summed E-state index contributed by atoms with van der Waals surface area (Å²) in [5.41, 5.74) is 0. The van der Waals surface area contributed by atoms with E-state index < -0.39 is 28.8 Å². The summed E-state index contributed by atoms with van der Waals surface area (Å²) >= 11 is 1.54. The summed E-state index contributed by atoms with van der Waals surface area (Å²) in [6, 6.07) is 3.20. The van der Waals surface area contributed by atoms with E-state index in [4.69, 9.17) is 4.42 Å². The molecule has 0 saturated carbocycles. The number of likely N-dealkylation sites (tertiary alicyclic amines) is 1. The molecule has 1 fully saturated rings. The Kier molecular flexibility index (Phi) is 5.94. The second kappa shape index (κ2) is 7.90. The summed E-state index contributed by atoms with van der Waals surface area (Å²) in [5.74, 6) is 1.22. The zero-order valence-electron chi connectivity index (χ0n) is 14.6. The van der Waals surface area contributed by atoms with Gasteiger partial charge in [-0.05, 0) is 24.3 Å². The second-order valence-corrected chi connectivity index (χ2v) is 9.41. The number of piperidine rings is 1. The van der Waals surface area contributed by atoms with Gasteiger partial charge in [-0.25, -0.2) is 13.4 Å². The molecule has 0 N–H and O–H groups in total. The van der Waals surface area contributed by atoms with Gasteiger partial charge in [-0.1, -0.05) is 6.07 Å². The highest BCUT2D eigenvalue weighted by molar-refractivity contribution is 7.88. The Bertz CT molecular complexity index is 842. The van der Waals surface area contributed by atoms with Crippen molar-refractivity contribution >= 4 is 21.4 Å². The largest absolute Gasteiger partial charge is 0.438 e. The first-order valence-electron chi connectivity index (χ1n) is 8.36. The molecule has 0 aromatic carbocycles. The maximum absolute atomic E-state index is 12.7. The van der Waals surface area contributed by atoms with Crippen LogP contribution in [0.3, 0.4) is 0 Å². The van der Waals surface area contributed by atoms with Gasteiger partial charge in [0.15, 0.2) is 5.76 Å². The molecule has 0 amide bonds. The number of hydrogen-bond donors (Lipinski definition) is 0. The zero-order chi connectivity index (χ0) is 19.7. The second-order valence-electron chi connectivity index (χ2n) is 6.53. The minimum atomic E-state index is -4.56. The summed E-state index contributed by atoms with van der Waals surface area (Å²) in [6.45, 7) is -0.0484. The van der Waals surface area contributed by atoms with Gasteiger partial charge < -0.3 is 4.42 Å². The van der Waals surface area contributed by atoms with E-state index in [0.717, 1.165) is 11.1 Å². The first-order chi connectivity index (χ1) is 12.6. The summed E-state index contributed by atoms with van der Waals surface area (Å²) in [5, 5.41) is 1.94. The van der Waals surface area contributed by atoms with E-state index in [9.17, 15) is 21.6 Å². The lowest BCUT2D eigenvalue weighted by Crippen LogP contribution is -2.49. The van der Waals surface area contributed by atoms with Gasteiger partial charge in [0.25, 0.3) is 0 Å². The number of nitrogens with zero attached hydrogens (tertiary/aromatic N) is 3. The number of halogens is 3. The van der Waals surface area contributed by atoms with Crippen LogP contribution in [0.2, 0.25) is 0 Å². The molecule has 3 rings (SSSR count). The number of aromatic nitrogens is 1. The standard InChI is InChI=1S/C16H20F3N3O3S2/c1-27(23,24)22(11-16(17,18)19)12-4-6-21(7-5-12)10-15-20-9-13(25-15)14-3-2-8-26-14/h2-3,8-9,12H,4-7,10-11H2,1H3. The first-order valence-corrected chi connectivity index (χ1v) is 11.1. The van der Waals surface area contributed by atoms with Crippen LogP contribution in [-0.2, 0) is 16.6 Å². The smallest absolute Gasteiger partial charge is 0.402 e. The van der Waals surface area contributed by atoms with Crippen LogP contribution in [0, 0.1) is 0 Å². The first kappa shape index (κ1) is 20.3. The van der Waals surface area contributed by atoms with Gasteiger partial charge in [0.05, 0.1) is 23.9 Å². The molecule has 0 spiro atoms. The third-order valence-electron chi connectivity index (χ3n) is 4.40. The molecule has 0 aliphatic carbocycles. The highest BCUT2D eigenvalue weighted by atomic mass is 32.2. The fourth-order valence-electron chi connectivity index (χ4n) is 3.17. The van der Waals surface area contributed by atoms with Crippen LogP contribution in [0.5, 0.6) is 0 Å². The van der Waals surface area contributed by atoms with Crippen molar-refractivity contribution in [2.45, 2.75) is 31.6 Å².